The summed E-state index contributed by atoms with van der Waals surface area (Å²) in [5, 5.41) is 3.36. The third kappa shape index (κ3) is 5.04. The van der Waals surface area contributed by atoms with E-state index in [9.17, 15) is 4.79 Å². The van der Waals surface area contributed by atoms with Crippen LogP contribution in [0, 0.1) is 11.8 Å². The highest BCUT2D eigenvalue weighted by molar-refractivity contribution is 5.76. The molecule has 20 heavy (non-hydrogen) atoms. The number of piperidine rings is 1. The second-order valence-corrected chi connectivity index (χ2v) is 6.44. The molecular weight excluding hydrogens is 254 g/mol. The number of amides is 1. The second-order valence-electron chi connectivity index (χ2n) is 6.44. The Morgan fingerprint density at radius 2 is 2.05 bits per heavy atom. The molecule has 0 aromatic rings. The molecule has 116 valence electrons. The van der Waals surface area contributed by atoms with E-state index in [1.807, 2.05) is 4.90 Å². The predicted molar refractivity (Wildman–Crippen MR) is 79.7 cm³/mol. The molecule has 0 aliphatic carbocycles. The average molecular weight is 283 g/mol. The molecule has 2 saturated heterocycles. The molecule has 0 aromatic carbocycles. The van der Waals surface area contributed by atoms with Crippen molar-refractivity contribution >= 4 is 5.91 Å². The molecule has 0 unspecified atom stereocenters. The van der Waals surface area contributed by atoms with Crippen molar-refractivity contribution in [3.63, 3.8) is 0 Å². The van der Waals surface area contributed by atoms with Crippen LogP contribution in [-0.2, 0) is 9.53 Å². The zero-order valence-corrected chi connectivity index (χ0v) is 12.9. The fraction of sp³-hybridized carbons (Fsp3) is 0.933. The van der Waals surface area contributed by atoms with E-state index < -0.39 is 0 Å². The SMILES string of the molecule is CN(C)C[C@@H]1COCCN(C(=O)CC2CCNCC2)C1. The molecule has 5 nitrogen and oxygen atoms in total. The summed E-state index contributed by atoms with van der Waals surface area (Å²) in [6.45, 7) is 6.17. The molecule has 1 amide bonds. The van der Waals surface area contributed by atoms with Crippen molar-refractivity contribution < 1.29 is 9.53 Å². The van der Waals surface area contributed by atoms with Gasteiger partial charge in [0.05, 0.1) is 13.2 Å². The van der Waals surface area contributed by atoms with Gasteiger partial charge in [-0.25, -0.2) is 0 Å². The Kier molecular flexibility index (Phi) is 6.26. The van der Waals surface area contributed by atoms with E-state index >= 15 is 0 Å². The van der Waals surface area contributed by atoms with Gasteiger partial charge in [0.2, 0.25) is 5.91 Å². The van der Waals surface area contributed by atoms with Gasteiger partial charge in [0.15, 0.2) is 0 Å². The molecule has 2 rings (SSSR count). The number of hydrogen-bond donors (Lipinski definition) is 1. The van der Waals surface area contributed by atoms with E-state index in [1.165, 1.54) is 0 Å². The largest absolute Gasteiger partial charge is 0.379 e. The van der Waals surface area contributed by atoms with Gasteiger partial charge < -0.3 is 19.9 Å². The minimum Gasteiger partial charge on any atom is -0.379 e. The number of carbonyl (C=O) groups excluding carboxylic acids is 1. The summed E-state index contributed by atoms with van der Waals surface area (Å²) in [4.78, 5) is 16.7. The van der Waals surface area contributed by atoms with Crippen LogP contribution in [0.4, 0.5) is 0 Å². The number of hydrogen-bond acceptors (Lipinski definition) is 4. The molecular formula is C15H29N3O2. The predicted octanol–water partition coefficient (Wildman–Crippen LogP) is 0.413. The van der Waals surface area contributed by atoms with E-state index in [0.717, 1.165) is 58.6 Å². The van der Waals surface area contributed by atoms with E-state index in [0.29, 0.717) is 24.3 Å². The summed E-state index contributed by atoms with van der Waals surface area (Å²) in [7, 11) is 4.15. The Bertz CT molecular complexity index is 303. The summed E-state index contributed by atoms with van der Waals surface area (Å²) >= 11 is 0. The van der Waals surface area contributed by atoms with Gasteiger partial charge in [-0.1, -0.05) is 0 Å². The number of carbonyl (C=O) groups is 1. The van der Waals surface area contributed by atoms with E-state index in [-0.39, 0.29) is 0 Å². The van der Waals surface area contributed by atoms with Crippen LogP contribution in [0.5, 0.6) is 0 Å². The van der Waals surface area contributed by atoms with Crippen LogP contribution < -0.4 is 5.32 Å². The Morgan fingerprint density at radius 3 is 2.75 bits per heavy atom. The minimum absolute atomic E-state index is 0.325. The lowest BCUT2D eigenvalue weighted by molar-refractivity contribution is -0.132. The first kappa shape index (κ1) is 15.7. The molecule has 0 saturated carbocycles. The molecule has 2 heterocycles. The second kappa shape index (κ2) is 7.96. The first-order chi connectivity index (χ1) is 9.65. The normalized spacial score (nSPS) is 25.8. The van der Waals surface area contributed by atoms with E-state index in [4.69, 9.17) is 4.74 Å². The number of rotatable bonds is 4. The molecule has 0 radical (unpaired) electrons. The maximum atomic E-state index is 12.5. The quantitative estimate of drug-likeness (QED) is 0.812. The van der Waals surface area contributed by atoms with Crippen molar-refractivity contribution in [2.75, 3.05) is 60.0 Å². The van der Waals surface area contributed by atoms with Gasteiger partial charge in [-0.05, 0) is 45.9 Å². The lowest BCUT2D eigenvalue weighted by atomic mass is 9.94. The fourth-order valence-corrected chi connectivity index (χ4v) is 3.20. The fourth-order valence-electron chi connectivity index (χ4n) is 3.20. The minimum atomic E-state index is 0.325. The molecule has 2 aliphatic rings. The lowest BCUT2D eigenvalue weighted by Gasteiger charge is -2.28. The van der Waals surface area contributed by atoms with Crippen molar-refractivity contribution in [3.05, 3.63) is 0 Å². The zero-order chi connectivity index (χ0) is 14.4. The van der Waals surface area contributed by atoms with Gasteiger partial charge in [-0.3, -0.25) is 4.79 Å². The first-order valence-electron chi connectivity index (χ1n) is 7.86. The molecule has 2 fully saturated rings. The van der Waals surface area contributed by atoms with Crippen LogP contribution in [0.2, 0.25) is 0 Å². The molecule has 2 aliphatic heterocycles. The standard InChI is InChI=1S/C15H29N3O2/c1-17(2)10-14-11-18(7-8-20-12-14)15(19)9-13-3-5-16-6-4-13/h13-14,16H,3-12H2,1-2H3/t14-/m0/s1. The third-order valence-electron chi connectivity index (χ3n) is 4.24. The van der Waals surface area contributed by atoms with E-state index in [1.54, 1.807) is 0 Å². The molecule has 0 aromatic heterocycles. The van der Waals surface area contributed by atoms with Crippen LogP contribution in [0.1, 0.15) is 19.3 Å². The van der Waals surface area contributed by atoms with Crippen LogP contribution in [0.25, 0.3) is 0 Å². The summed E-state index contributed by atoms with van der Waals surface area (Å²) < 4.78 is 5.65. The molecule has 0 spiro atoms. The van der Waals surface area contributed by atoms with Gasteiger partial charge in [0.1, 0.15) is 0 Å². The molecule has 1 atom stereocenters. The van der Waals surface area contributed by atoms with Crippen molar-refractivity contribution in [3.8, 4) is 0 Å². The number of ether oxygens (including phenoxy) is 1. The van der Waals surface area contributed by atoms with Crippen molar-refractivity contribution in [1.82, 2.24) is 15.1 Å². The summed E-state index contributed by atoms with van der Waals surface area (Å²) in [6.07, 6.45) is 2.99. The Morgan fingerprint density at radius 1 is 1.30 bits per heavy atom. The van der Waals surface area contributed by atoms with Crippen molar-refractivity contribution in [2.45, 2.75) is 19.3 Å². The maximum Gasteiger partial charge on any atom is 0.222 e. The summed E-state index contributed by atoms with van der Waals surface area (Å²) in [6, 6.07) is 0. The van der Waals surface area contributed by atoms with Gasteiger partial charge >= 0.3 is 0 Å². The van der Waals surface area contributed by atoms with Crippen LogP contribution in [-0.4, -0.2) is 75.7 Å². The Labute approximate surface area is 122 Å². The maximum absolute atomic E-state index is 12.5. The van der Waals surface area contributed by atoms with Crippen LogP contribution >= 0.6 is 0 Å². The smallest absolute Gasteiger partial charge is 0.222 e. The van der Waals surface area contributed by atoms with Gasteiger partial charge in [0, 0.05) is 32.0 Å². The Hall–Kier alpha value is -0.650. The van der Waals surface area contributed by atoms with Crippen molar-refractivity contribution in [1.29, 1.82) is 0 Å². The Balaban J connectivity index is 1.83. The highest BCUT2D eigenvalue weighted by Crippen LogP contribution is 2.18. The number of nitrogens with one attached hydrogen (secondary N) is 1. The van der Waals surface area contributed by atoms with Crippen molar-refractivity contribution in [2.24, 2.45) is 11.8 Å². The number of nitrogens with zero attached hydrogens (tertiary/aromatic N) is 2. The molecule has 1 N–H and O–H groups in total. The van der Waals surface area contributed by atoms with Gasteiger partial charge in [0.25, 0.3) is 0 Å². The first-order valence-corrected chi connectivity index (χ1v) is 7.86. The average Bonchev–Trinajstić information content (AvgIpc) is 2.65. The van der Waals surface area contributed by atoms with Gasteiger partial charge in [-0.2, -0.15) is 0 Å². The monoisotopic (exact) mass is 283 g/mol. The molecule has 5 heteroatoms. The third-order valence-corrected chi connectivity index (χ3v) is 4.24. The summed E-state index contributed by atoms with van der Waals surface area (Å²) in [5.74, 6) is 1.33. The lowest BCUT2D eigenvalue weighted by Crippen LogP contribution is -2.40. The summed E-state index contributed by atoms with van der Waals surface area (Å²) in [5.41, 5.74) is 0. The topological polar surface area (TPSA) is 44.8 Å². The molecule has 0 bridgehead atoms. The van der Waals surface area contributed by atoms with E-state index in [2.05, 4.69) is 24.3 Å². The highest BCUT2D eigenvalue weighted by atomic mass is 16.5. The zero-order valence-electron chi connectivity index (χ0n) is 12.9. The van der Waals surface area contributed by atoms with Crippen LogP contribution in [0.3, 0.4) is 0 Å². The van der Waals surface area contributed by atoms with Gasteiger partial charge in [-0.15, -0.1) is 0 Å². The van der Waals surface area contributed by atoms with Crippen LogP contribution in [0.15, 0.2) is 0 Å². The highest BCUT2D eigenvalue weighted by Gasteiger charge is 2.25.